The van der Waals surface area contributed by atoms with Crippen LogP contribution in [0.4, 0.5) is 4.39 Å². The molecule has 6 nitrogen and oxygen atoms in total. The van der Waals surface area contributed by atoms with E-state index in [2.05, 4.69) is 20.6 Å². The lowest BCUT2D eigenvalue weighted by Crippen LogP contribution is -2.24. The maximum Gasteiger partial charge on any atom is 0.273 e. The third-order valence-corrected chi connectivity index (χ3v) is 3.60. The Labute approximate surface area is 138 Å². The Morgan fingerprint density at radius 2 is 2.08 bits per heavy atom. The minimum Gasteiger partial charge on any atom is -0.345 e. The van der Waals surface area contributed by atoms with E-state index in [9.17, 15) is 9.18 Å². The summed E-state index contributed by atoms with van der Waals surface area (Å²) in [4.78, 5) is 16.4. The number of aromatic nitrogens is 4. The maximum absolute atomic E-state index is 13.6. The van der Waals surface area contributed by atoms with Gasteiger partial charge in [0.05, 0.1) is 25.0 Å². The molecule has 0 aliphatic carbocycles. The number of nitrogens with one attached hydrogen (secondary N) is 1. The van der Waals surface area contributed by atoms with Crippen LogP contribution in [-0.2, 0) is 13.1 Å². The van der Waals surface area contributed by atoms with Crippen molar-refractivity contribution >= 4 is 5.91 Å². The van der Waals surface area contributed by atoms with E-state index in [1.807, 2.05) is 19.1 Å². The Bertz CT molecular complexity index is 861. The zero-order chi connectivity index (χ0) is 16.9. The molecule has 7 heteroatoms. The predicted molar refractivity (Wildman–Crippen MR) is 85.7 cm³/mol. The van der Waals surface area contributed by atoms with Gasteiger partial charge in [0.25, 0.3) is 5.91 Å². The monoisotopic (exact) mass is 325 g/mol. The predicted octanol–water partition coefficient (Wildman–Crippen LogP) is 2.10. The number of nitrogens with zero attached hydrogens (tertiary/aromatic N) is 4. The van der Waals surface area contributed by atoms with Crippen LogP contribution in [-0.4, -0.2) is 25.9 Å². The summed E-state index contributed by atoms with van der Waals surface area (Å²) in [6.07, 6.45) is 3.17. The van der Waals surface area contributed by atoms with Crippen LogP contribution in [0.2, 0.25) is 0 Å². The highest BCUT2D eigenvalue weighted by Crippen LogP contribution is 2.08. The topological polar surface area (TPSA) is 72.7 Å². The molecule has 0 atom stereocenters. The third kappa shape index (κ3) is 3.62. The Hall–Kier alpha value is -3.09. The second-order valence-electron chi connectivity index (χ2n) is 5.34. The first kappa shape index (κ1) is 15.8. The summed E-state index contributed by atoms with van der Waals surface area (Å²) in [6.45, 7) is 2.46. The van der Waals surface area contributed by atoms with Gasteiger partial charge in [-0.25, -0.2) is 9.07 Å². The van der Waals surface area contributed by atoms with Crippen molar-refractivity contribution in [3.8, 4) is 0 Å². The second-order valence-corrected chi connectivity index (χ2v) is 5.34. The van der Waals surface area contributed by atoms with Crippen molar-refractivity contribution in [2.75, 3.05) is 0 Å². The van der Waals surface area contributed by atoms with Gasteiger partial charge >= 0.3 is 0 Å². The highest BCUT2D eigenvalue weighted by Gasteiger charge is 2.12. The van der Waals surface area contributed by atoms with Gasteiger partial charge in [0.2, 0.25) is 0 Å². The highest BCUT2D eigenvalue weighted by molar-refractivity contribution is 5.91. The number of hydrogen-bond acceptors (Lipinski definition) is 4. The average Bonchev–Trinajstić information content (AvgIpc) is 3.05. The van der Waals surface area contributed by atoms with E-state index < -0.39 is 0 Å². The molecule has 0 radical (unpaired) electrons. The minimum absolute atomic E-state index is 0.180. The molecule has 2 aromatic heterocycles. The quantitative estimate of drug-likeness (QED) is 0.780. The van der Waals surface area contributed by atoms with Gasteiger partial charge in [-0.3, -0.25) is 9.78 Å². The number of benzene rings is 1. The first-order valence-electron chi connectivity index (χ1n) is 7.45. The van der Waals surface area contributed by atoms with Crippen LogP contribution in [0.3, 0.4) is 0 Å². The van der Waals surface area contributed by atoms with E-state index >= 15 is 0 Å². The van der Waals surface area contributed by atoms with Crippen molar-refractivity contribution in [3.05, 3.63) is 77.1 Å². The van der Waals surface area contributed by atoms with E-state index in [1.165, 1.54) is 16.9 Å². The van der Waals surface area contributed by atoms with Gasteiger partial charge in [0, 0.05) is 11.8 Å². The molecule has 0 fully saturated rings. The van der Waals surface area contributed by atoms with E-state index in [1.54, 1.807) is 24.4 Å². The summed E-state index contributed by atoms with van der Waals surface area (Å²) < 4.78 is 15.1. The van der Waals surface area contributed by atoms with Gasteiger partial charge in [-0.1, -0.05) is 29.5 Å². The largest absolute Gasteiger partial charge is 0.345 e. The maximum atomic E-state index is 13.6. The number of amides is 1. The van der Waals surface area contributed by atoms with Crippen LogP contribution in [0.5, 0.6) is 0 Å². The van der Waals surface area contributed by atoms with Gasteiger partial charge in [-0.05, 0) is 24.6 Å². The molecule has 3 aromatic rings. The number of carbonyl (C=O) groups excluding carboxylic acids is 1. The molecule has 0 bridgehead atoms. The molecule has 2 heterocycles. The summed E-state index contributed by atoms with van der Waals surface area (Å²) >= 11 is 0. The van der Waals surface area contributed by atoms with Crippen LogP contribution in [0.15, 0.2) is 48.8 Å². The van der Waals surface area contributed by atoms with Crippen molar-refractivity contribution < 1.29 is 9.18 Å². The summed E-state index contributed by atoms with van der Waals surface area (Å²) in [5.74, 6) is -0.663. The third-order valence-electron chi connectivity index (χ3n) is 3.60. The lowest BCUT2D eigenvalue weighted by molar-refractivity contribution is 0.0945. The Balaban J connectivity index is 1.64. The van der Waals surface area contributed by atoms with E-state index in [4.69, 9.17) is 0 Å². The molecule has 24 heavy (non-hydrogen) atoms. The molecular weight excluding hydrogens is 309 g/mol. The average molecular weight is 325 g/mol. The van der Waals surface area contributed by atoms with E-state index in [0.717, 1.165) is 11.3 Å². The lowest BCUT2D eigenvalue weighted by Gasteiger charge is -2.05. The number of pyridine rings is 1. The Morgan fingerprint density at radius 3 is 2.88 bits per heavy atom. The summed E-state index contributed by atoms with van der Waals surface area (Å²) in [5, 5.41) is 10.5. The van der Waals surface area contributed by atoms with Crippen LogP contribution < -0.4 is 5.32 Å². The zero-order valence-corrected chi connectivity index (χ0v) is 13.1. The molecule has 1 amide bonds. The van der Waals surface area contributed by atoms with Gasteiger partial charge in [-0.15, -0.1) is 5.10 Å². The lowest BCUT2D eigenvalue weighted by atomic mass is 10.2. The standard InChI is InChI=1S/C17H16FN5O/c1-12-5-4-8-19-15(12)9-20-17(24)16-11-23(22-21-16)10-13-6-2-3-7-14(13)18/h2-8,11H,9-10H2,1H3,(H,20,24). The molecule has 0 saturated carbocycles. The molecule has 0 spiro atoms. The highest BCUT2D eigenvalue weighted by atomic mass is 19.1. The van der Waals surface area contributed by atoms with Crippen molar-refractivity contribution in [2.24, 2.45) is 0 Å². The summed E-state index contributed by atoms with van der Waals surface area (Å²) in [7, 11) is 0. The molecule has 1 N–H and O–H groups in total. The van der Waals surface area contributed by atoms with Gasteiger partial charge in [0.15, 0.2) is 5.69 Å². The summed E-state index contributed by atoms with van der Waals surface area (Å²) in [6, 6.07) is 10.2. The number of aryl methyl sites for hydroxylation is 1. The molecule has 0 aliphatic heterocycles. The fourth-order valence-electron chi connectivity index (χ4n) is 2.24. The van der Waals surface area contributed by atoms with Crippen LogP contribution in [0.25, 0.3) is 0 Å². The van der Waals surface area contributed by atoms with Crippen LogP contribution in [0.1, 0.15) is 27.3 Å². The van der Waals surface area contributed by atoms with Crippen molar-refractivity contribution in [2.45, 2.75) is 20.0 Å². The fourth-order valence-corrected chi connectivity index (χ4v) is 2.24. The van der Waals surface area contributed by atoms with Gasteiger partial charge in [-0.2, -0.15) is 0 Å². The van der Waals surface area contributed by atoms with Crippen molar-refractivity contribution in [1.82, 2.24) is 25.3 Å². The number of rotatable bonds is 5. The molecule has 122 valence electrons. The second kappa shape index (κ2) is 6.99. The summed E-state index contributed by atoms with van der Waals surface area (Å²) in [5.41, 5.74) is 2.46. The Morgan fingerprint density at radius 1 is 1.25 bits per heavy atom. The fraction of sp³-hybridized carbons (Fsp3) is 0.176. The number of hydrogen-bond donors (Lipinski definition) is 1. The Kier molecular flexibility index (Phi) is 4.60. The minimum atomic E-state index is -0.347. The molecule has 0 saturated heterocycles. The normalized spacial score (nSPS) is 10.6. The molecular formula is C17H16FN5O. The molecule has 1 aromatic carbocycles. The van der Waals surface area contributed by atoms with Gasteiger partial charge in [0.1, 0.15) is 5.82 Å². The van der Waals surface area contributed by atoms with Crippen LogP contribution >= 0.6 is 0 Å². The van der Waals surface area contributed by atoms with E-state index in [0.29, 0.717) is 12.1 Å². The van der Waals surface area contributed by atoms with Crippen LogP contribution in [0, 0.1) is 12.7 Å². The first-order chi connectivity index (χ1) is 11.6. The smallest absolute Gasteiger partial charge is 0.273 e. The number of carbonyl (C=O) groups is 1. The molecule has 0 unspecified atom stereocenters. The van der Waals surface area contributed by atoms with E-state index in [-0.39, 0.29) is 24.0 Å². The SMILES string of the molecule is Cc1cccnc1CNC(=O)c1cn(Cc2ccccc2F)nn1. The zero-order valence-electron chi connectivity index (χ0n) is 13.1. The first-order valence-corrected chi connectivity index (χ1v) is 7.45. The van der Waals surface area contributed by atoms with Crippen molar-refractivity contribution in [1.29, 1.82) is 0 Å². The van der Waals surface area contributed by atoms with Gasteiger partial charge < -0.3 is 5.32 Å². The molecule has 0 aliphatic rings. The van der Waals surface area contributed by atoms with Crippen molar-refractivity contribution in [3.63, 3.8) is 0 Å². The number of halogens is 1. The molecule has 3 rings (SSSR count).